The topological polar surface area (TPSA) is 92.3 Å². The van der Waals surface area contributed by atoms with Crippen LogP contribution in [-0.4, -0.2) is 41.9 Å². The first-order valence-corrected chi connectivity index (χ1v) is 12.8. The normalized spacial score (nSPS) is 15.6. The fourth-order valence-corrected chi connectivity index (χ4v) is 6.56. The van der Waals surface area contributed by atoms with Gasteiger partial charge in [0.2, 0.25) is 15.0 Å². The smallest absolute Gasteiger partial charge is 0.286 e. The van der Waals surface area contributed by atoms with E-state index in [0.717, 1.165) is 21.7 Å². The second-order valence-corrected chi connectivity index (χ2v) is 11.1. The molecule has 1 amide bonds. The van der Waals surface area contributed by atoms with Crippen LogP contribution >= 0.6 is 11.3 Å². The van der Waals surface area contributed by atoms with Crippen molar-refractivity contribution >= 4 is 33.0 Å². The van der Waals surface area contributed by atoms with E-state index in [1.807, 2.05) is 57.2 Å². The predicted molar refractivity (Wildman–Crippen MR) is 126 cm³/mol. The number of para-hydroxylation sites is 1. The van der Waals surface area contributed by atoms with Crippen LogP contribution in [0.15, 0.2) is 47.4 Å². The summed E-state index contributed by atoms with van der Waals surface area (Å²) in [7, 11) is -3.54. The average Bonchev–Trinajstić information content (AvgIpc) is 3.27. The summed E-state index contributed by atoms with van der Waals surface area (Å²) < 4.78 is 28.0. The van der Waals surface area contributed by atoms with Crippen molar-refractivity contribution in [3.8, 4) is 0 Å². The zero-order chi connectivity index (χ0) is 22.9. The van der Waals surface area contributed by atoms with Crippen molar-refractivity contribution in [3.63, 3.8) is 0 Å². The van der Waals surface area contributed by atoms with E-state index in [0.29, 0.717) is 41.5 Å². The molecule has 2 aromatic carbocycles. The summed E-state index contributed by atoms with van der Waals surface area (Å²) in [5.41, 5.74) is 3.53. The summed E-state index contributed by atoms with van der Waals surface area (Å²) in [5, 5.41) is 12.2. The Labute approximate surface area is 192 Å². The first-order valence-electron chi connectivity index (χ1n) is 10.5. The number of anilines is 1. The standard InChI is InChI=1S/C23H26N4O3S2/c1-15-13-17(3)20(14-16(15)2)32(29,30)27-11-9-18(10-12-27)22-25-26-23(31-22)21(28)24-19-7-5-4-6-8-19/h4-8,13-14,18H,9-12H2,1-3H3,(H,24,28). The van der Waals surface area contributed by atoms with Crippen molar-refractivity contribution in [2.75, 3.05) is 18.4 Å². The van der Waals surface area contributed by atoms with E-state index < -0.39 is 10.0 Å². The number of aromatic nitrogens is 2. The highest BCUT2D eigenvalue weighted by Gasteiger charge is 2.32. The average molecular weight is 471 g/mol. The Morgan fingerprint density at radius 3 is 2.34 bits per heavy atom. The lowest BCUT2D eigenvalue weighted by Gasteiger charge is -2.30. The number of piperidine rings is 1. The van der Waals surface area contributed by atoms with E-state index in [1.165, 1.54) is 11.3 Å². The first kappa shape index (κ1) is 22.6. The molecule has 0 aliphatic carbocycles. The van der Waals surface area contributed by atoms with E-state index in [1.54, 1.807) is 10.4 Å². The molecule has 168 valence electrons. The van der Waals surface area contributed by atoms with Gasteiger partial charge in [-0.15, -0.1) is 10.2 Å². The molecule has 1 aliphatic heterocycles. The molecule has 3 aromatic rings. The van der Waals surface area contributed by atoms with E-state index in [2.05, 4.69) is 15.5 Å². The van der Waals surface area contributed by atoms with E-state index >= 15 is 0 Å². The van der Waals surface area contributed by atoms with Crippen molar-refractivity contribution in [1.82, 2.24) is 14.5 Å². The highest BCUT2D eigenvalue weighted by Crippen LogP contribution is 2.33. The molecule has 0 bridgehead atoms. The SMILES string of the molecule is Cc1cc(C)c(S(=O)(=O)N2CCC(c3nnc(C(=O)Nc4ccccc4)s3)CC2)cc1C. The minimum absolute atomic E-state index is 0.0954. The van der Waals surface area contributed by atoms with Crippen LogP contribution in [0.5, 0.6) is 0 Å². The highest BCUT2D eigenvalue weighted by molar-refractivity contribution is 7.89. The molecule has 1 aromatic heterocycles. The van der Waals surface area contributed by atoms with Crippen molar-refractivity contribution in [2.24, 2.45) is 0 Å². The number of amides is 1. The Kier molecular flexibility index (Phi) is 6.41. The molecule has 32 heavy (non-hydrogen) atoms. The number of carbonyl (C=O) groups is 1. The number of hydrogen-bond acceptors (Lipinski definition) is 6. The molecular weight excluding hydrogens is 444 g/mol. The largest absolute Gasteiger partial charge is 0.320 e. The number of carbonyl (C=O) groups excluding carboxylic acids is 1. The lowest BCUT2D eigenvalue weighted by Crippen LogP contribution is -2.38. The fraction of sp³-hybridized carbons (Fsp3) is 0.348. The van der Waals surface area contributed by atoms with Gasteiger partial charge in [-0.2, -0.15) is 4.31 Å². The Morgan fingerprint density at radius 2 is 1.66 bits per heavy atom. The van der Waals surface area contributed by atoms with Crippen molar-refractivity contribution < 1.29 is 13.2 Å². The summed E-state index contributed by atoms with van der Waals surface area (Å²) >= 11 is 1.28. The molecule has 7 nitrogen and oxygen atoms in total. The summed E-state index contributed by atoms with van der Waals surface area (Å²) in [6.45, 7) is 6.60. The molecule has 2 heterocycles. The Hall–Kier alpha value is -2.62. The maximum Gasteiger partial charge on any atom is 0.286 e. The van der Waals surface area contributed by atoms with Crippen LogP contribution in [-0.2, 0) is 10.0 Å². The van der Waals surface area contributed by atoms with Crippen LogP contribution in [0.2, 0.25) is 0 Å². The Balaban J connectivity index is 1.42. The maximum atomic E-state index is 13.2. The van der Waals surface area contributed by atoms with Gasteiger partial charge < -0.3 is 5.32 Å². The van der Waals surface area contributed by atoms with Gasteiger partial charge in [-0.3, -0.25) is 4.79 Å². The van der Waals surface area contributed by atoms with Gasteiger partial charge in [0, 0.05) is 24.7 Å². The van der Waals surface area contributed by atoms with Gasteiger partial charge in [0.05, 0.1) is 4.90 Å². The van der Waals surface area contributed by atoms with Crippen molar-refractivity contribution in [3.05, 3.63) is 69.2 Å². The summed E-state index contributed by atoms with van der Waals surface area (Å²) in [6.07, 6.45) is 1.30. The molecule has 1 aliphatic rings. The van der Waals surface area contributed by atoms with E-state index in [9.17, 15) is 13.2 Å². The van der Waals surface area contributed by atoms with Gasteiger partial charge in [-0.1, -0.05) is 35.6 Å². The number of sulfonamides is 1. The Bertz CT molecular complexity index is 1230. The lowest BCUT2D eigenvalue weighted by atomic mass is 9.99. The predicted octanol–water partition coefficient (Wildman–Crippen LogP) is 4.28. The fourth-order valence-electron chi connectivity index (χ4n) is 3.89. The van der Waals surface area contributed by atoms with Crippen molar-refractivity contribution in [1.29, 1.82) is 0 Å². The van der Waals surface area contributed by atoms with Crippen LogP contribution in [0, 0.1) is 20.8 Å². The summed E-state index contributed by atoms with van der Waals surface area (Å²) in [4.78, 5) is 12.8. The van der Waals surface area contributed by atoms with Crippen LogP contribution in [0.3, 0.4) is 0 Å². The van der Waals surface area contributed by atoms with E-state index in [4.69, 9.17) is 0 Å². The number of benzene rings is 2. The van der Waals surface area contributed by atoms with Gasteiger partial charge in [0.1, 0.15) is 5.01 Å². The number of aryl methyl sites for hydroxylation is 3. The monoisotopic (exact) mass is 470 g/mol. The summed E-state index contributed by atoms with van der Waals surface area (Å²) in [6, 6.07) is 12.9. The molecule has 0 atom stereocenters. The van der Waals surface area contributed by atoms with Gasteiger partial charge in [0.15, 0.2) is 0 Å². The molecule has 1 N–H and O–H groups in total. The third-order valence-electron chi connectivity index (χ3n) is 5.88. The number of nitrogens with one attached hydrogen (secondary N) is 1. The maximum absolute atomic E-state index is 13.2. The minimum atomic E-state index is -3.54. The van der Waals surface area contributed by atoms with Crippen LogP contribution in [0.4, 0.5) is 5.69 Å². The molecule has 0 saturated carbocycles. The van der Waals surface area contributed by atoms with Gasteiger partial charge in [0.25, 0.3) is 5.91 Å². The molecule has 0 spiro atoms. The van der Waals surface area contributed by atoms with E-state index in [-0.39, 0.29) is 11.8 Å². The zero-order valence-corrected chi connectivity index (χ0v) is 20.0. The molecule has 9 heteroatoms. The van der Waals surface area contributed by atoms with Crippen LogP contribution in [0.1, 0.15) is 50.3 Å². The molecule has 0 unspecified atom stereocenters. The highest BCUT2D eigenvalue weighted by atomic mass is 32.2. The third kappa shape index (κ3) is 4.60. The quantitative estimate of drug-likeness (QED) is 0.601. The molecule has 0 radical (unpaired) electrons. The Morgan fingerprint density at radius 1 is 1.00 bits per heavy atom. The first-order chi connectivity index (χ1) is 15.3. The second-order valence-electron chi connectivity index (χ2n) is 8.15. The van der Waals surface area contributed by atoms with Crippen LogP contribution in [0.25, 0.3) is 0 Å². The number of nitrogens with zero attached hydrogens (tertiary/aromatic N) is 3. The van der Waals surface area contributed by atoms with Gasteiger partial charge in [-0.25, -0.2) is 8.42 Å². The second kappa shape index (κ2) is 9.09. The summed E-state index contributed by atoms with van der Waals surface area (Å²) in [5.74, 6) is -0.191. The molecular formula is C23H26N4O3S2. The number of rotatable bonds is 5. The molecule has 1 saturated heterocycles. The van der Waals surface area contributed by atoms with Crippen LogP contribution < -0.4 is 5.32 Å². The van der Waals surface area contributed by atoms with Gasteiger partial charge in [-0.05, 0) is 68.5 Å². The zero-order valence-electron chi connectivity index (χ0n) is 18.3. The van der Waals surface area contributed by atoms with Crippen molar-refractivity contribution in [2.45, 2.75) is 44.4 Å². The molecule has 4 rings (SSSR count). The minimum Gasteiger partial charge on any atom is -0.320 e. The third-order valence-corrected chi connectivity index (χ3v) is 9.00. The lowest BCUT2D eigenvalue weighted by molar-refractivity contribution is 0.102. The van der Waals surface area contributed by atoms with Gasteiger partial charge >= 0.3 is 0 Å². The number of hydrogen-bond donors (Lipinski definition) is 1. The molecule has 1 fully saturated rings.